The van der Waals surface area contributed by atoms with Gasteiger partial charge in [0.05, 0.1) is 16.3 Å². The van der Waals surface area contributed by atoms with E-state index in [0.29, 0.717) is 36.6 Å². The summed E-state index contributed by atoms with van der Waals surface area (Å²) in [7, 11) is 0. The lowest BCUT2D eigenvalue weighted by Crippen LogP contribution is -2.37. The summed E-state index contributed by atoms with van der Waals surface area (Å²) < 4.78 is 5.29. The normalized spacial score (nSPS) is 14.6. The van der Waals surface area contributed by atoms with Crippen LogP contribution in [-0.2, 0) is 20.7 Å². The highest BCUT2D eigenvalue weighted by molar-refractivity contribution is 6.34. The molecule has 1 saturated heterocycles. The molecule has 152 valence electrons. The standard InChI is InChI=1S/C22H23ClN2O4/c1-15(21(27)24-12-11-16-6-3-2-4-7-16)29-22(28)17-9-10-18(23)19(14-17)25-13-5-8-20(25)26/h2-4,6-7,9-10,14-15H,5,8,11-13H2,1H3,(H,24,27)/t15-/m1/s1. The fourth-order valence-electron chi connectivity index (χ4n) is 3.15. The van der Waals surface area contributed by atoms with Crippen molar-refractivity contribution in [1.29, 1.82) is 0 Å². The van der Waals surface area contributed by atoms with Crippen molar-refractivity contribution >= 4 is 35.1 Å². The van der Waals surface area contributed by atoms with Gasteiger partial charge in [0.25, 0.3) is 5.91 Å². The zero-order valence-corrected chi connectivity index (χ0v) is 16.9. The van der Waals surface area contributed by atoms with E-state index >= 15 is 0 Å². The largest absolute Gasteiger partial charge is 0.449 e. The zero-order chi connectivity index (χ0) is 20.8. The number of carbonyl (C=O) groups is 3. The predicted molar refractivity (Wildman–Crippen MR) is 111 cm³/mol. The van der Waals surface area contributed by atoms with Crippen LogP contribution in [0.15, 0.2) is 48.5 Å². The molecule has 0 aromatic heterocycles. The van der Waals surface area contributed by atoms with Gasteiger partial charge in [-0.1, -0.05) is 41.9 Å². The van der Waals surface area contributed by atoms with Crippen LogP contribution in [0.2, 0.25) is 5.02 Å². The monoisotopic (exact) mass is 414 g/mol. The quantitative estimate of drug-likeness (QED) is 0.705. The Morgan fingerprint density at radius 2 is 1.97 bits per heavy atom. The van der Waals surface area contributed by atoms with Crippen LogP contribution in [0.3, 0.4) is 0 Å². The molecule has 6 nitrogen and oxygen atoms in total. The van der Waals surface area contributed by atoms with Gasteiger partial charge in [-0.05, 0) is 43.5 Å². The van der Waals surface area contributed by atoms with Crippen LogP contribution >= 0.6 is 11.6 Å². The Bertz CT molecular complexity index is 901. The third-order valence-corrected chi connectivity index (χ3v) is 5.07. The highest BCUT2D eigenvalue weighted by Crippen LogP contribution is 2.30. The average molecular weight is 415 g/mol. The first-order valence-electron chi connectivity index (χ1n) is 9.58. The number of benzene rings is 2. The van der Waals surface area contributed by atoms with E-state index in [1.54, 1.807) is 11.0 Å². The van der Waals surface area contributed by atoms with E-state index in [-0.39, 0.29) is 17.4 Å². The number of rotatable bonds is 7. The van der Waals surface area contributed by atoms with Crippen molar-refractivity contribution in [3.8, 4) is 0 Å². The summed E-state index contributed by atoms with van der Waals surface area (Å²) in [4.78, 5) is 38.2. The van der Waals surface area contributed by atoms with Crippen molar-refractivity contribution in [2.45, 2.75) is 32.3 Å². The Morgan fingerprint density at radius 1 is 1.21 bits per heavy atom. The van der Waals surface area contributed by atoms with E-state index in [0.717, 1.165) is 12.0 Å². The summed E-state index contributed by atoms with van der Waals surface area (Å²) in [6, 6.07) is 14.4. The zero-order valence-electron chi connectivity index (χ0n) is 16.2. The summed E-state index contributed by atoms with van der Waals surface area (Å²) in [5, 5.41) is 3.16. The van der Waals surface area contributed by atoms with E-state index in [2.05, 4.69) is 5.32 Å². The van der Waals surface area contributed by atoms with Crippen molar-refractivity contribution in [2.75, 3.05) is 18.0 Å². The second-order valence-electron chi connectivity index (χ2n) is 6.89. The average Bonchev–Trinajstić information content (AvgIpc) is 3.14. The maximum atomic E-state index is 12.5. The molecule has 29 heavy (non-hydrogen) atoms. The Hall–Kier alpha value is -2.86. The van der Waals surface area contributed by atoms with Gasteiger partial charge in [0.15, 0.2) is 6.10 Å². The maximum Gasteiger partial charge on any atom is 0.338 e. The van der Waals surface area contributed by atoms with Gasteiger partial charge in [-0.2, -0.15) is 0 Å². The smallest absolute Gasteiger partial charge is 0.338 e. The lowest BCUT2D eigenvalue weighted by atomic mass is 10.1. The minimum absolute atomic E-state index is 0.0245. The van der Waals surface area contributed by atoms with E-state index in [9.17, 15) is 14.4 Å². The lowest BCUT2D eigenvalue weighted by molar-refractivity contribution is -0.129. The number of nitrogens with zero attached hydrogens (tertiary/aromatic N) is 1. The van der Waals surface area contributed by atoms with Gasteiger partial charge in [-0.3, -0.25) is 9.59 Å². The number of anilines is 1. The number of amides is 2. The molecule has 3 rings (SSSR count). The maximum absolute atomic E-state index is 12.5. The summed E-state index contributed by atoms with van der Waals surface area (Å²) >= 11 is 6.20. The van der Waals surface area contributed by atoms with Crippen molar-refractivity contribution < 1.29 is 19.1 Å². The summed E-state index contributed by atoms with van der Waals surface area (Å²) in [6.45, 7) is 2.54. The molecule has 0 bridgehead atoms. The van der Waals surface area contributed by atoms with Crippen LogP contribution in [0.25, 0.3) is 0 Å². The molecule has 7 heteroatoms. The third-order valence-electron chi connectivity index (χ3n) is 4.75. The molecule has 2 amide bonds. The van der Waals surface area contributed by atoms with E-state index < -0.39 is 12.1 Å². The number of hydrogen-bond acceptors (Lipinski definition) is 4. The first-order valence-corrected chi connectivity index (χ1v) is 9.96. The number of ether oxygens (including phenoxy) is 1. The van der Waals surface area contributed by atoms with E-state index in [1.807, 2.05) is 30.3 Å². The second kappa shape index (κ2) is 9.56. The van der Waals surface area contributed by atoms with Crippen molar-refractivity contribution in [3.63, 3.8) is 0 Å². The molecule has 1 fully saturated rings. The van der Waals surface area contributed by atoms with Gasteiger partial charge in [-0.25, -0.2) is 4.79 Å². The minimum Gasteiger partial charge on any atom is -0.449 e. The fraction of sp³-hybridized carbons (Fsp3) is 0.318. The first-order chi connectivity index (χ1) is 14.0. The van der Waals surface area contributed by atoms with Gasteiger partial charge in [0.2, 0.25) is 5.91 Å². The summed E-state index contributed by atoms with van der Waals surface area (Å²) in [5.74, 6) is -1.03. The fourth-order valence-corrected chi connectivity index (χ4v) is 3.37. The molecule has 1 N–H and O–H groups in total. The molecule has 1 aliphatic heterocycles. The molecule has 2 aromatic rings. The SMILES string of the molecule is C[C@@H](OC(=O)c1ccc(Cl)c(N2CCCC2=O)c1)C(=O)NCCc1ccccc1. The molecular formula is C22H23ClN2O4. The summed E-state index contributed by atoms with van der Waals surface area (Å²) in [6.07, 6.45) is 0.971. The molecule has 0 unspecified atom stereocenters. The minimum atomic E-state index is -0.939. The van der Waals surface area contributed by atoms with E-state index in [1.165, 1.54) is 19.1 Å². The highest BCUT2D eigenvalue weighted by atomic mass is 35.5. The van der Waals surface area contributed by atoms with Crippen molar-refractivity contribution in [3.05, 3.63) is 64.7 Å². The predicted octanol–water partition coefficient (Wildman–Crippen LogP) is 3.37. The van der Waals surface area contributed by atoms with Crippen LogP contribution in [0.4, 0.5) is 5.69 Å². The second-order valence-corrected chi connectivity index (χ2v) is 7.30. The molecule has 1 atom stereocenters. The molecule has 0 saturated carbocycles. The number of halogens is 1. The molecule has 0 aliphatic carbocycles. The Labute approximate surface area is 174 Å². The molecular weight excluding hydrogens is 392 g/mol. The number of hydrogen-bond donors (Lipinski definition) is 1. The topological polar surface area (TPSA) is 75.7 Å². The highest BCUT2D eigenvalue weighted by Gasteiger charge is 2.25. The first kappa shape index (κ1) is 20.9. The van der Waals surface area contributed by atoms with Gasteiger partial charge in [0, 0.05) is 19.5 Å². The van der Waals surface area contributed by atoms with Crippen molar-refractivity contribution in [2.24, 2.45) is 0 Å². The Balaban J connectivity index is 1.56. The summed E-state index contributed by atoms with van der Waals surface area (Å²) in [5.41, 5.74) is 1.85. The van der Waals surface area contributed by atoms with Gasteiger partial charge in [-0.15, -0.1) is 0 Å². The number of esters is 1. The van der Waals surface area contributed by atoms with Crippen LogP contribution in [0, 0.1) is 0 Å². The molecule has 0 radical (unpaired) electrons. The molecule has 0 spiro atoms. The van der Waals surface area contributed by atoms with Crippen molar-refractivity contribution in [1.82, 2.24) is 5.32 Å². The van der Waals surface area contributed by atoms with Crippen LogP contribution in [0.5, 0.6) is 0 Å². The Kier molecular flexibility index (Phi) is 6.88. The van der Waals surface area contributed by atoms with E-state index in [4.69, 9.17) is 16.3 Å². The third kappa shape index (κ3) is 5.35. The molecule has 1 heterocycles. The lowest BCUT2D eigenvalue weighted by Gasteiger charge is -2.18. The van der Waals surface area contributed by atoms with Gasteiger partial charge >= 0.3 is 5.97 Å². The van der Waals surface area contributed by atoms with Crippen LogP contribution < -0.4 is 10.2 Å². The van der Waals surface area contributed by atoms with Gasteiger partial charge < -0.3 is 15.0 Å². The molecule has 2 aromatic carbocycles. The molecule has 1 aliphatic rings. The van der Waals surface area contributed by atoms with Crippen LogP contribution in [0.1, 0.15) is 35.7 Å². The van der Waals surface area contributed by atoms with Gasteiger partial charge in [0.1, 0.15) is 0 Å². The number of nitrogens with one attached hydrogen (secondary N) is 1. The Morgan fingerprint density at radius 3 is 2.66 bits per heavy atom. The van der Waals surface area contributed by atoms with Crippen LogP contribution in [-0.4, -0.2) is 37.0 Å². The number of carbonyl (C=O) groups excluding carboxylic acids is 3.